The zero-order valence-electron chi connectivity index (χ0n) is 9.08. The summed E-state index contributed by atoms with van der Waals surface area (Å²) in [5.41, 5.74) is 7.74. The highest BCUT2D eigenvalue weighted by atomic mass is 15.0. The number of hydrogen-bond acceptors (Lipinski definition) is 3. The van der Waals surface area contributed by atoms with Crippen molar-refractivity contribution in [2.45, 2.75) is 46.0 Å². The minimum Gasteiger partial charge on any atom is -0.368 e. The largest absolute Gasteiger partial charge is 0.368 e. The Bertz CT molecular complexity index is 284. The summed E-state index contributed by atoms with van der Waals surface area (Å²) in [6, 6.07) is 0. The first-order valence-corrected chi connectivity index (χ1v) is 5.32. The van der Waals surface area contributed by atoms with Crippen molar-refractivity contribution in [2.24, 2.45) is 0 Å². The van der Waals surface area contributed by atoms with Crippen molar-refractivity contribution in [1.82, 2.24) is 9.97 Å². The van der Waals surface area contributed by atoms with E-state index in [1.807, 2.05) is 13.1 Å². The van der Waals surface area contributed by atoms with Crippen LogP contribution in [0, 0.1) is 6.92 Å². The van der Waals surface area contributed by atoms with Gasteiger partial charge in [-0.2, -0.15) is 0 Å². The zero-order chi connectivity index (χ0) is 10.4. The molecule has 0 aliphatic carbocycles. The molecule has 0 saturated heterocycles. The van der Waals surface area contributed by atoms with Gasteiger partial charge in [0.15, 0.2) is 0 Å². The summed E-state index contributed by atoms with van der Waals surface area (Å²) < 4.78 is 0. The Kier molecular flexibility index (Phi) is 4.36. The number of unbranched alkanes of at least 4 members (excludes halogenated alkanes) is 3. The molecule has 0 atom stereocenters. The van der Waals surface area contributed by atoms with Crippen molar-refractivity contribution >= 4 is 5.95 Å². The molecule has 1 heterocycles. The van der Waals surface area contributed by atoms with Gasteiger partial charge in [-0.15, -0.1) is 0 Å². The van der Waals surface area contributed by atoms with E-state index in [1.165, 1.54) is 31.2 Å². The van der Waals surface area contributed by atoms with Crippen molar-refractivity contribution in [1.29, 1.82) is 0 Å². The van der Waals surface area contributed by atoms with Crippen molar-refractivity contribution in [3.8, 4) is 0 Å². The molecule has 3 nitrogen and oxygen atoms in total. The molecule has 0 unspecified atom stereocenters. The molecule has 1 aromatic rings. The van der Waals surface area contributed by atoms with Crippen LogP contribution in [0.5, 0.6) is 0 Å². The molecule has 0 amide bonds. The van der Waals surface area contributed by atoms with Gasteiger partial charge in [0, 0.05) is 11.9 Å². The molecule has 3 heteroatoms. The Hall–Kier alpha value is -1.12. The molecule has 0 saturated carbocycles. The van der Waals surface area contributed by atoms with Gasteiger partial charge < -0.3 is 5.73 Å². The first-order chi connectivity index (χ1) is 6.74. The van der Waals surface area contributed by atoms with E-state index in [-0.39, 0.29) is 0 Å². The zero-order valence-corrected chi connectivity index (χ0v) is 9.08. The Morgan fingerprint density at radius 1 is 1.29 bits per heavy atom. The molecule has 0 aromatic carbocycles. The third kappa shape index (κ3) is 3.32. The number of hydrogen-bond donors (Lipinski definition) is 1. The Labute approximate surface area is 85.8 Å². The minimum absolute atomic E-state index is 0.375. The lowest BCUT2D eigenvalue weighted by atomic mass is 10.1. The maximum Gasteiger partial charge on any atom is 0.220 e. The normalized spacial score (nSPS) is 10.4. The summed E-state index contributed by atoms with van der Waals surface area (Å²) in [5.74, 6) is 0.375. The summed E-state index contributed by atoms with van der Waals surface area (Å²) in [6.45, 7) is 4.21. The van der Waals surface area contributed by atoms with Gasteiger partial charge in [0.25, 0.3) is 0 Å². The molecule has 0 aliphatic heterocycles. The number of aryl methyl sites for hydroxylation is 2. The SMILES string of the molecule is CCCCCCc1cnc(N)nc1C. The van der Waals surface area contributed by atoms with Gasteiger partial charge >= 0.3 is 0 Å². The Morgan fingerprint density at radius 2 is 2.07 bits per heavy atom. The number of rotatable bonds is 5. The molecule has 0 aliphatic rings. The predicted molar refractivity (Wildman–Crippen MR) is 59.0 cm³/mol. The molecular formula is C11H19N3. The third-order valence-electron chi connectivity index (χ3n) is 2.40. The second-order valence-corrected chi connectivity index (χ2v) is 3.65. The highest BCUT2D eigenvalue weighted by Gasteiger charge is 2.00. The van der Waals surface area contributed by atoms with Gasteiger partial charge in [0.2, 0.25) is 5.95 Å². The first kappa shape index (κ1) is 11.0. The van der Waals surface area contributed by atoms with Crippen LogP contribution in [0.3, 0.4) is 0 Å². The number of nitrogens with zero attached hydrogens (tertiary/aromatic N) is 2. The molecule has 78 valence electrons. The van der Waals surface area contributed by atoms with Crippen LogP contribution in [0.25, 0.3) is 0 Å². The Morgan fingerprint density at radius 3 is 2.71 bits per heavy atom. The topological polar surface area (TPSA) is 51.8 Å². The number of aromatic nitrogens is 2. The highest BCUT2D eigenvalue weighted by Crippen LogP contribution is 2.10. The van der Waals surface area contributed by atoms with Crippen LogP contribution < -0.4 is 5.73 Å². The lowest BCUT2D eigenvalue weighted by Gasteiger charge is -2.04. The average Bonchev–Trinajstić information content (AvgIpc) is 2.15. The fourth-order valence-corrected chi connectivity index (χ4v) is 1.50. The summed E-state index contributed by atoms with van der Waals surface area (Å²) >= 11 is 0. The third-order valence-corrected chi connectivity index (χ3v) is 2.40. The fraction of sp³-hybridized carbons (Fsp3) is 0.636. The van der Waals surface area contributed by atoms with E-state index < -0.39 is 0 Å². The number of nitrogens with two attached hydrogens (primary N) is 1. The second-order valence-electron chi connectivity index (χ2n) is 3.65. The van der Waals surface area contributed by atoms with Crippen molar-refractivity contribution in [2.75, 3.05) is 5.73 Å². The van der Waals surface area contributed by atoms with Crippen LogP contribution in [0.4, 0.5) is 5.95 Å². The molecule has 14 heavy (non-hydrogen) atoms. The second kappa shape index (κ2) is 5.58. The molecule has 0 radical (unpaired) electrons. The first-order valence-electron chi connectivity index (χ1n) is 5.32. The van der Waals surface area contributed by atoms with Crippen LogP contribution in [0.1, 0.15) is 43.9 Å². The summed E-state index contributed by atoms with van der Waals surface area (Å²) in [6.07, 6.45) is 8.03. The molecule has 1 rings (SSSR count). The van der Waals surface area contributed by atoms with Crippen LogP contribution in [-0.4, -0.2) is 9.97 Å². The van der Waals surface area contributed by atoms with E-state index in [9.17, 15) is 0 Å². The summed E-state index contributed by atoms with van der Waals surface area (Å²) in [7, 11) is 0. The van der Waals surface area contributed by atoms with E-state index in [0.717, 1.165) is 12.1 Å². The highest BCUT2D eigenvalue weighted by molar-refractivity contribution is 5.24. The van der Waals surface area contributed by atoms with Crippen molar-refractivity contribution < 1.29 is 0 Å². The molecule has 1 aromatic heterocycles. The van der Waals surface area contributed by atoms with Gasteiger partial charge in [-0.25, -0.2) is 9.97 Å². The lowest BCUT2D eigenvalue weighted by Crippen LogP contribution is -2.00. The molecule has 2 N–H and O–H groups in total. The van der Waals surface area contributed by atoms with Crippen molar-refractivity contribution in [3.05, 3.63) is 17.5 Å². The Balaban J connectivity index is 2.42. The van der Waals surface area contributed by atoms with E-state index in [4.69, 9.17) is 5.73 Å². The van der Waals surface area contributed by atoms with E-state index in [2.05, 4.69) is 16.9 Å². The molecule has 0 bridgehead atoms. The predicted octanol–water partition coefficient (Wildman–Crippen LogP) is 2.49. The standard InChI is InChI=1S/C11H19N3/c1-3-4-5-6-7-10-8-13-11(12)14-9(10)2/h8H,3-7H2,1-2H3,(H2,12,13,14). The van der Waals surface area contributed by atoms with Gasteiger partial charge in [-0.1, -0.05) is 26.2 Å². The summed E-state index contributed by atoms with van der Waals surface area (Å²) in [4.78, 5) is 8.14. The smallest absolute Gasteiger partial charge is 0.220 e. The fourth-order valence-electron chi connectivity index (χ4n) is 1.50. The molecular weight excluding hydrogens is 174 g/mol. The van der Waals surface area contributed by atoms with Crippen molar-refractivity contribution in [3.63, 3.8) is 0 Å². The maximum absolute atomic E-state index is 5.48. The average molecular weight is 193 g/mol. The lowest BCUT2D eigenvalue weighted by molar-refractivity contribution is 0.663. The minimum atomic E-state index is 0.375. The van der Waals surface area contributed by atoms with Gasteiger partial charge in [-0.05, 0) is 25.3 Å². The van der Waals surface area contributed by atoms with E-state index in [1.54, 1.807) is 0 Å². The molecule has 0 spiro atoms. The number of nitrogen functional groups attached to an aromatic ring is 1. The van der Waals surface area contributed by atoms with Crippen LogP contribution in [0.2, 0.25) is 0 Å². The summed E-state index contributed by atoms with van der Waals surface area (Å²) in [5, 5.41) is 0. The monoisotopic (exact) mass is 193 g/mol. The van der Waals surface area contributed by atoms with Gasteiger partial charge in [0.05, 0.1) is 0 Å². The van der Waals surface area contributed by atoms with Gasteiger partial charge in [-0.3, -0.25) is 0 Å². The van der Waals surface area contributed by atoms with Crippen LogP contribution in [0.15, 0.2) is 6.20 Å². The van der Waals surface area contributed by atoms with E-state index in [0.29, 0.717) is 5.95 Å². The van der Waals surface area contributed by atoms with Crippen LogP contribution in [-0.2, 0) is 6.42 Å². The van der Waals surface area contributed by atoms with Gasteiger partial charge in [0.1, 0.15) is 0 Å². The quantitative estimate of drug-likeness (QED) is 0.731. The number of anilines is 1. The van der Waals surface area contributed by atoms with E-state index >= 15 is 0 Å². The van der Waals surface area contributed by atoms with Crippen LogP contribution >= 0.6 is 0 Å². The maximum atomic E-state index is 5.48. The molecule has 0 fully saturated rings.